The molecule has 0 saturated heterocycles. The first-order valence-electron chi connectivity index (χ1n) is 7.71. The van der Waals surface area contributed by atoms with Gasteiger partial charge in [0.1, 0.15) is 10.8 Å². The molecule has 2 N–H and O–H groups in total. The molecule has 0 spiro atoms. The molecule has 2 aliphatic carbocycles. The number of anilines is 2. The average Bonchev–Trinajstić information content (AvgIpc) is 3.42. The van der Waals surface area contributed by atoms with E-state index >= 15 is 0 Å². The van der Waals surface area contributed by atoms with Gasteiger partial charge in [-0.05, 0) is 55.1 Å². The Labute approximate surface area is 129 Å². The van der Waals surface area contributed by atoms with Gasteiger partial charge >= 0.3 is 0 Å². The predicted molar refractivity (Wildman–Crippen MR) is 87.4 cm³/mol. The third-order valence-electron chi connectivity index (χ3n) is 4.29. The van der Waals surface area contributed by atoms with Gasteiger partial charge in [-0.1, -0.05) is 6.07 Å². The summed E-state index contributed by atoms with van der Waals surface area (Å²) in [6.07, 6.45) is 9.17. The number of rotatable bonds is 6. The summed E-state index contributed by atoms with van der Waals surface area (Å²) < 4.78 is 4.42. The second-order valence-electron chi connectivity index (χ2n) is 6.28. The molecular weight excluding hydrogens is 280 g/mol. The van der Waals surface area contributed by atoms with Crippen LogP contribution in [0.2, 0.25) is 0 Å². The van der Waals surface area contributed by atoms with E-state index in [1.807, 2.05) is 12.3 Å². The monoisotopic (exact) mass is 300 g/mol. The molecule has 0 unspecified atom stereocenters. The van der Waals surface area contributed by atoms with Crippen molar-refractivity contribution in [2.45, 2.75) is 25.7 Å². The minimum Gasteiger partial charge on any atom is -0.382 e. The van der Waals surface area contributed by atoms with Crippen LogP contribution in [0.25, 0.3) is 11.1 Å². The van der Waals surface area contributed by atoms with Gasteiger partial charge in [-0.25, -0.2) is 0 Å². The Morgan fingerprint density at radius 3 is 2.48 bits per heavy atom. The number of nitrogens with zero attached hydrogens (tertiary/aromatic N) is 3. The Kier molecular flexibility index (Phi) is 3.30. The second-order valence-corrected chi connectivity index (χ2v) is 7.03. The lowest BCUT2D eigenvalue weighted by Gasteiger charge is -2.24. The molecule has 0 bridgehead atoms. The highest BCUT2D eigenvalue weighted by Crippen LogP contribution is 2.43. The first-order valence-corrected chi connectivity index (χ1v) is 8.49. The van der Waals surface area contributed by atoms with Crippen LogP contribution in [-0.2, 0) is 0 Å². The highest BCUT2D eigenvalue weighted by atomic mass is 32.1. The van der Waals surface area contributed by atoms with Gasteiger partial charge in [0.05, 0.1) is 5.56 Å². The molecule has 5 heteroatoms. The Morgan fingerprint density at radius 2 is 1.90 bits per heavy atom. The number of nitrogens with two attached hydrogens (primary N) is 1. The molecule has 21 heavy (non-hydrogen) atoms. The summed E-state index contributed by atoms with van der Waals surface area (Å²) in [5.74, 6) is 2.38. The third kappa shape index (κ3) is 2.88. The summed E-state index contributed by atoms with van der Waals surface area (Å²) in [4.78, 5) is 6.76. The quantitative estimate of drug-likeness (QED) is 0.888. The zero-order chi connectivity index (χ0) is 14.2. The molecule has 0 atom stereocenters. The Morgan fingerprint density at radius 1 is 1.19 bits per heavy atom. The van der Waals surface area contributed by atoms with Gasteiger partial charge in [0.2, 0.25) is 0 Å². The molecular formula is C16H20N4S. The molecule has 110 valence electrons. The van der Waals surface area contributed by atoms with Gasteiger partial charge in [-0.3, -0.25) is 4.98 Å². The second kappa shape index (κ2) is 5.30. The largest absolute Gasteiger partial charge is 0.382 e. The van der Waals surface area contributed by atoms with E-state index in [2.05, 4.69) is 20.3 Å². The van der Waals surface area contributed by atoms with E-state index in [1.54, 1.807) is 17.7 Å². The smallest absolute Gasteiger partial charge is 0.147 e. The van der Waals surface area contributed by atoms with Crippen LogP contribution in [-0.4, -0.2) is 22.4 Å². The van der Waals surface area contributed by atoms with E-state index in [0.29, 0.717) is 5.82 Å². The van der Waals surface area contributed by atoms with Crippen LogP contribution in [0, 0.1) is 11.8 Å². The SMILES string of the molecule is Nc1nsc(N(CC2CC2)CC2CC2)c1-c1cccnc1. The van der Waals surface area contributed by atoms with E-state index in [4.69, 9.17) is 5.73 Å². The van der Waals surface area contributed by atoms with Crippen molar-refractivity contribution in [1.29, 1.82) is 0 Å². The topological polar surface area (TPSA) is 55.0 Å². The van der Waals surface area contributed by atoms with Crippen molar-refractivity contribution >= 4 is 22.4 Å². The lowest BCUT2D eigenvalue weighted by atomic mass is 10.1. The summed E-state index contributed by atoms with van der Waals surface area (Å²) >= 11 is 1.54. The first-order chi connectivity index (χ1) is 10.3. The minimum absolute atomic E-state index is 0.639. The Bertz CT molecular complexity index is 602. The maximum Gasteiger partial charge on any atom is 0.147 e. The van der Waals surface area contributed by atoms with Gasteiger partial charge in [-0.2, -0.15) is 4.37 Å². The summed E-state index contributed by atoms with van der Waals surface area (Å²) in [5, 5.41) is 1.24. The highest BCUT2D eigenvalue weighted by molar-refractivity contribution is 7.11. The van der Waals surface area contributed by atoms with Crippen molar-refractivity contribution < 1.29 is 0 Å². The van der Waals surface area contributed by atoms with E-state index < -0.39 is 0 Å². The molecule has 2 heterocycles. The minimum atomic E-state index is 0.639. The van der Waals surface area contributed by atoms with Crippen molar-refractivity contribution in [2.24, 2.45) is 11.8 Å². The fourth-order valence-electron chi connectivity index (χ4n) is 2.76. The van der Waals surface area contributed by atoms with Gasteiger partial charge < -0.3 is 10.6 Å². The lowest BCUT2D eigenvalue weighted by Crippen LogP contribution is -2.27. The normalized spacial score (nSPS) is 17.9. The maximum absolute atomic E-state index is 6.15. The molecule has 0 radical (unpaired) electrons. The van der Waals surface area contributed by atoms with E-state index in [-0.39, 0.29) is 0 Å². The van der Waals surface area contributed by atoms with E-state index in [9.17, 15) is 0 Å². The number of hydrogen-bond donors (Lipinski definition) is 1. The maximum atomic E-state index is 6.15. The molecule has 4 nitrogen and oxygen atoms in total. The number of nitrogen functional groups attached to an aromatic ring is 1. The third-order valence-corrected chi connectivity index (χ3v) is 5.21. The molecule has 4 rings (SSSR count). The van der Waals surface area contributed by atoms with Gasteiger partial charge in [-0.15, -0.1) is 0 Å². The average molecular weight is 300 g/mol. The molecule has 2 aromatic rings. The zero-order valence-corrected chi connectivity index (χ0v) is 12.9. The van der Waals surface area contributed by atoms with Crippen molar-refractivity contribution in [2.75, 3.05) is 23.7 Å². The molecule has 0 aliphatic heterocycles. The summed E-state index contributed by atoms with van der Waals surface area (Å²) in [6, 6.07) is 4.03. The number of hydrogen-bond acceptors (Lipinski definition) is 5. The number of aromatic nitrogens is 2. The van der Waals surface area contributed by atoms with Gasteiger partial charge in [0, 0.05) is 31.0 Å². The van der Waals surface area contributed by atoms with Crippen LogP contribution in [0.3, 0.4) is 0 Å². The van der Waals surface area contributed by atoms with Gasteiger partial charge in [0.25, 0.3) is 0 Å². The van der Waals surface area contributed by atoms with Crippen molar-refractivity contribution in [1.82, 2.24) is 9.36 Å². The standard InChI is InChI=1S/C16H20N4S/c17-15-14(13-2-1-7-18-8-13)16(21-19-15)20(9-11-3-4-11)10-12-5-6-12/h1-2,7-8,11-12H,3-6,9-10H2,(H2,17,19). The fraction of sp³-hybridized carbons (Fsp3) is 0.500. The number of pyridine rings is 1. The van der Waals surface area contributed by atoms with E-state index in [0.717, 1.165) is 36.1 Å². The first kappa shape index (κ1) is 13.1. The highest BCUT2D eigenvalue weighted by Gasteiger charge is 2.31. The van der Waals surface area contributed by atoms with Crippen molar-refractivity contribution in [3.63, 3.8) is 0 Å². The zero-order valence-electron chi connectivity index (χ0n) is 12.0. The van der Waals surface area contributed by atoms with Crippen molar-refractivity contribution in [3.05, 3.63) is 24.5 Å². The summed E-state index contributed by atoms with van der Waals surface area (Å²) in [7, 11) is 0. The lowest BCUT2D eigenvalue weighted by molar-refractivity contribution is 0.684. The molecule has 2 aliphatic rings. The van der Waals surface area contributed by atoms with Crippen LogP contribution in [0.4, 0.5) is 10.8 Å². The molecule has 2 fully saturated rings. The molecule has 2 saturated carbocycles. The molecule has 0 amide bonds. The van der Waals surface area contributed by atoms with Crippen LogP contribution >= 0.6 is 11.5 Å². The van der Waals surface area contributed by atoms with Gasteiger partial charge in [0.15, 0.2) is 0 Å². The fourth-order valence-corrected chi connectivity index (χ4v) is 3.61. The van der Waals surface area contributed by atoms with Crippen LogP contribution in [0.15, 0.2) is 24.5 Å². The van der Waals surface area contributed by atoms with Crippen LogP contribution in [0.5, 0.6) is 0 Å². The predicted octanol–water partition coefficient (Wildman–Crippen LogP) is 3.41. The summed E-state index contributed by atoms with van der Waals surface area (Å²) in [5.41, 5.74) is 8.31. The van der Waals surface area contributed by atoms with Crippen molar-refractivity contribution in [3.8, 4) is 11.1 Å². The van der Waals surface area contributed by atoms with Crippen LogP contribution in [0.1, 0.15) is 25.7 Å². The Hall–Kier alpha value is -1.62. The van der Waals surface area contributed by atoms with Crippen LogP contribution < -0.4 is 10.6 Å². The van der Waals surface area contributed by atoms with E-state index in [1.165, 1.54) is 30.7 Å². The molecule has 0 aromatic carbocycles. The summed E-state index contributed by atoms with van der Waals surface area (Å²) in [6.45, 7) is 2.32. The Balaban J connectivity index is 1.68. The molecule has 2 aromatic heterocycles.